The standard InChI is InChI=1S/C15H16O2/c16-14-13-10-6-7-12(17-13)9-15(14,8-10)11-4-2-1-3-5-11/h1-5,10,12-13H,6-9H2. The second kappa shape index (κ2) is 3.20. The van der Waals surface area contributed by atoms with E-state index in [0.717, 1.165) is 19.3 Å². The summed E-state index contributed by atoms with van der Waals surface area (Å²) in [6, 6.07) is 10.3. The van der Waals surface area contributed by atoms with Gasteiger partial charge >= 0.3 is 0 Å². The van der Waals surface area contributed by atoms with Gasteiger partial charge in [-0.2, -0.15) is 0 Å². The molecule has 4 unspecified atom stereocenters. The Morgan fingerprint density at radius 2 is 1.94 bits per heavy atom. The number of benzene rings is 1. The van der Waals surface area contributed by atoms with Crippen LogP contribution in [0.15, 0.2) is 30.3 Å². The summed E-state index contributed by atoms with van der Waals surface area (Å²) in [6.07, 6.45) is 4.46. The van der Waals surface area contributed by atoms with Crippen LogP contribution in [0.5, 0.6) is 0 Å². The second-order valence-corrected chi connectivity index (χ2v) is 5.74. The lowest BCUT2D eigenvalue weighted by Crippen LogP contribution is -2.48. The van der Waals surface area contributed by atoms with Crippen molar-refractivity contribution in [3.05, 3.63) is 35.9 Å². The molecule has 88 valence electrons. The molecular formula is C15H16O2. The van der Waals surface area contributed by atoms with E-state index >= 15 is 0 Å². The Balaban J connectivity index is 1.86. The predicted molar refractivity (Wildman–Crippen MR) is 63.7 cm³/mol. The number of hydrogen-bond acceptors (Lipinski definition) is 2. The molecule has 1 aromatic rings. The van der Waals surface area contributed by atoms with Crippen molar-refractivity contribution in [1.82, 2.24) is 0 Å². The molecule has 0 N–H and O–H groups in total. The molecule has 2 heterocycles. The van der Waals surface area contributed by atoms with E-state index in [2.05, 4.69) is 12.1 Å². The molecule has 2 heteroatoms. The molecule has 2 saturated heterocycles. The van der Waals surface area contributed by atoms with Crippen molar-refractivity contribution >= 4 is 5.78 Å². The molecule has 4 atom stereocenters. The lowest BCUT2D eigenvalue weighted by molar-refractivity contribution is -0.153. The first kappa shape index (κ1) is 9.84. The fraction of sp³-hybridized carbons (Fsp3) is 0.533. The van der Waals surface area contributed by atoms with Crippen molar-refractivity contribution in [3.8, 4) is 0 Å². The van der Waals surface area contributed by atoms with Crippen LogP contribution in [-0.2, 0) is 14.9 Å². The summed E-state index contributed by atoms with van der Waals surface area (Å²) < 4.78 is 5.89. The number of carbonyl (C=O) groups is 1. The van der Waals surface area contributed by atoms with E-state index in [1.54, 1.807) is 0 Å². The third kappa shape index (κ3) is 1.17. The Kier molecular flexibility index (Phi) is 1.85. The molecule has 2 aliphatic heterocycles. The first-order valence-corrected chi connectivity index (χ1v) is 6.55. The van der Waals surface area contributed by atoms with Gasteiger partial charge in [0.15, 0.2) is 5.78 Å². The predicted octanol–water partition coefficient (Wildman–Crippen LogP) is 2.46. The Morgan fingerprint density at radius 1 is 1.12 bits per heavy atom. The molecule has 1 aromatic carbocycles. The highest BCUT2D eigenvalue weighted by Crippen LogP contribution is 2.54. The number of carbonyl (C=O) groups excluding carboxylic acids is 1. The zero-order valence-electron chi connectivity index (χ0n) is 9.76. The molecule has 0 amide bonds. The highest BCUT2D eigenvalue weighted by molar-refractivity contribution is 5.97. The van der Waals surface area contributed by atoms with Crippen LogP contribution >= 0.6 is 0 Å². The largest absolute Gasteiger partial charge is 0.367 e. The second-order valence-electron chi connectivity index (χ2n) is 5.74. The Labute approximate surface area is 101 Å². The maximum atomic E-state index is 12.6. The van der Waals surface area contributed by atoms with E-state index < -0.39 is 0 Å². The van der Waals surface area contributed by atoms with Crippen molar-refractivity contribution in [1.29, 1.82) is 0 Å². The van der Waals surface area contributed by atoms with Crippen molar-refractivity contribution in [2.45, 2.75) is 43.3 Å². The van der Waals surface area contributed by atoms with Gasteiger partial charge in [0.1, 0.15) is 6.10 Å². The maximum absolute atomic E-state index is 12.6. The van der Waals surface area contributed by atoms with Crippen molar-refractivity contribution in [2.75, 3.05) is 0 Å². The van der Waals surface area contributed by atoms with Gasteiger partial charge in [-0.3, -0.25) is 4.79 Å². The van der Waals surface area contributed by atoms with Crippen LogP contribution in [0.4, 0.5) is 0 Å². The van der Waals surface area contributed by atoms with Crippen LogP contribution in [0.25, 0.3) is 0 Å². The summed E-state index contributed by atoms with van der Waals surface area (Å²) in [5, 5.41) is 0. The molecule has 2 nitrogen and oxygen atoms in total. The molecule has 1 aliphatic carbocycles. The monoisotopic (exact) mass is 228 g/mol. The molecule has 1 saturated carbocycles. The molecule has 4 rings (SSSR count). The van der Waals surface area contributed by atoms with Gasteiger partial charge < -0.3 is 4.74 Å². The smallest absolute Gasteiger partial charge is 0.172 e. The maximum Gasteiger partial charge on any atom is 0.172 e. The normalized spacial score (nSPS) is 43.1. The van der Waals surface area contributed by atoms with E-state index in [-0.39, 0.29) is 11.5 Å². The average molecular weight is 228 g/mol. The van der Waals surface area contributed by atoms with Gasteiger partial charge in [0, 0.05) is 0 Å². The minimum atomic E-state index is -0.212. The molecule has 0 aromatic heterocycles. The van der Waals surface area contributed by atoms with Gasteiger partial charge in [0.2, 0.25) is 0 Å². The van der Waals surface area contributed by atoms with Crippen LogP contribution in [0, 0.1) is 5.92 Å². The quantitative estimate of drug-likeness (QED) is 0.738. The summed E-state index contributed by atoms with van der Waals surface area (Å²) in [4.78, 5) is 12.6. The Hall–Kier alpha value is -1.15. The van der Waals surface area contributed by atoms with Gasteiger partial charge in [0.05, 0.1) is 11.5 Å². The SMILES string of the molecule is O=C1C2OC3CCC2CC1(c1ccccc1)C3. The van der Waals surface area contributed by atoms with Crippen LogP contribution < -0.4 is 0 Å². The average Bonchev–Trinajstić information content (AvgIpc) is 2.56. The summed E-state index contributed by atoms with van der Waals surface area (Å²) in [5.74, 6) is 0.825. The number of rotatable bonds is 1. The molecule has 0 radical (unpaired) electrons. The first-order valence-electron chi connectivity index (χ1n) is 6.55. The fourth-order valence-electron chi connectivity index (χ4n) is 4.10. The number of Topliss-reactive ketones (excluding diaryl/α,β-unsaturated/α-hetero) is 1. The van der Waals surface area contributed by atoms with Gasteiger partial charge in [-0.05, 0) is 37.2 Å². The molecule has 17 heavy (non-hydrogen) atoms. The topological polar surface area (TPSA) is 26.3 Å². The van der Waals surface area contributed by atoms with Crippen molar-refractivity contribution < 1.29 is 9.53 Å². The van der Waals surface area contributed by atoms with E-state index in [0.29, 0.717) is 17.8 Å². The summed E-state index contributed by atoms with van der Waals surface area (Å²) >= 11 is 0. The molecule has 0 spiro atoms. The Bertz CT molecular complexity index is 463. The number of hydrogen-bond donors (Lipinski definition) is 0. The van der Waals surface area contributed by atoms with Gasteiger partial charge in [0.25, 0.3) is 0 Å². The number of ketones is 1. The van der Waals surface area contributed by atoms with E-state index in [4.69, 9.17) is 4.74 Å². The third-order valence-corrected chi connectivity index (χ3v) is 4.87. The molecule has 3 aliphatic rings. The summed E-state index contributed by atoms with van der Waals surface area (Å²) in [5.41, 5.74) is 1.00. The molecule has 3 fully saturated rings. The minimum Gasteiger partial charge on any atom is -0.367 e. The van der Waals surface area contributed by atoms with Crippen LogP contribution in [0.1, 0.15) is 31.2 Å². The lowest BCUT2D eigenvalue weighted by atomic mass is 9.73. The van der Waals surface area contributed by atoms with E-state index in [9.17, 15) is 4.79 Å². The van der Waals surface area contributed by atoms with Gasteiger partial charge in [-0.25, -0.2) is 0 Å². The fourth-order valence-corrected chi connectivity index (χ4v) is 4.10. The molecular weight excluding hydrogens is 212 g/mol. The highest BCUT2D eigenvalue weighted by Gasteiger charge is 2.60. The Morgan fingerprint density at radius 3 is 2.76 bits per heavy atom. The zero-order chi connectivity index (χ0) is 11.5. The molecule has 3 bridgehead atoms. The zero-order valence-corrected chi connectivity index (χ0v) is 9.76. The summed E-state index contributed by atoms with van der Waals surface area (Å²) in [6.45, 7) is 0. The third-order valence-electron chi connectivity index (χ3n) is 4.87. The van der Waals surface area contributed by atoms with E-state index in [1.165, 1.54) is 12.0 Å². The van der Waals surface area contributed by atoms with Crippen LogP contribution in [0.3, 0.4) is 0 Å². The summed E-state index contributed by atoms with van der Waals surface area (Å²) in [7, 11) is 0. The van der Waals surface area contributed by atoms with E-state index in [1.807, 2.05) is 18.2 Å². The van der Waals surface area contributed by atoms with Crippen molar-refractivity contribution in [3.63, 3.8) is 0 Å². The highest BCUT2D eigenvalue weighted by atomic mass is 16.5. The number of fused-ring (bicyclic) bond motifs is 2. The lowest BCUT2D eigenvalue weighted by Gasteiger charge is -2.38. The van der Waals surface area contributed by atoms with Crippen LogP contribution in [-0.4, -0.2) is 18.0 Å². The van der Waals surface area contributed by atoms with Crippen LogP contribution in [0.2, 0.25) is 0 Å². The van der Waals surface area contributed by atoms with Crippen molar-refractivity contribution in [2.24, 2.45) is 5.92 Å². The number of ether oxygens (including phenoxy) is 1. The minimum absolute atomic E-state index is 0.0947. The first-order chi connectivity index (χ1) is 8.29. The van der Waals surface area contributed by atoms with Gasteiger partial charge in [-0.15, -0.1) is 0 Å². The van der Waals surface area contributed by atoms with Gasteiger partial charge in [-0.1, -0.05) is 30.3 Å².